The first kappa shape index (κ1) is 23.6. The van der Waals surface area contributed by atoms with E-state index in [1.165, 1.54) is 89.7 Å². The fourth-order valence-electron chi connectivity index (χ4n) is 7.02. The average molecular weight is 582 g/mol. The minimum atomic E-state index is 1.24. The summed E-state index contributed by atoms with van der Waals surface area (Å²) in [6.07, 6.45) is 0. The number of hydrogen-bond donors (Lipinski definition) is 0. The van der Waals surface area contributed by atoms with Crippen LogP contribution < -0.4 is 0 Å². The highest BCUT2D eigenvalue weighted by Crippen LogP contribution is 2.44. The molecule has 0 saturated carbocycles. The van der Waals surface area contributed by atoms with Crippen LogP contribution in [0.1, 0.15) is 0 Å². The molecular formula is C40H23NS2. The summed E-state index contributed by atoms with van der Waals surface area (Å²) in [7, 11) is 0. The number of benzene rings is 7. The summed E-state index contributed by atoms with van der Waals surface area (Å²) >= 11 is 3.79. The van der Waals surface area contributed by atoms with Crippen LogP contribution in [-0.2, 0) is 0 Å². The zero-order valence-electron chi connectivity index (χ0n) is 23.0. The standard InChI is InChI=1S/C40H23NS2/c1-2-10-25-23-36-33(21-24(25)9-1)32-22-26(27-13-7-14-30-28-11-3-5-17-37(28)42-39(27)30)19-20-34(32)41(36)35-16-8-15-31-29-12-4-6-18-38(29)43-40(31)35/h1-23H. The van der Waals surface area contributed by atoms with Crippen molar-refractivity contribution in [3.05, 3.63) is 140 Å². The second-order valence-corrected chi connectivity index (χ2v) is 13.4. The molecule has 0 aliphatic heterocycles. The summed E-state index contributed by atoms with van der Waals surface area (Å²) in [5.74, 6) is 0. The van der Waals surface area contributed by atoms with Gasteiger partial charge in [-0.15, -0.1) is 22.7 Å². The van der Waals surface area contributed by atoms with E-state index in [9.17, 15) is 0 Å². The summed E-state index contributed by atoms with van der Waals surface area (Å²) in [6, 6.07) is 51.6. The Morgan fingerprint density at radius 3 is 1.79 bits per heavy atom. The molecular weight excluding hydrogens is 559 g/mol. The third-order valence-corrected chi connectivity index (χ3v) is 11.4. The van der Waals surface area contributed by atoms with Crippen molar-refractivity contribution >= 4 is 95.6 Å². The van der Waals surface area contributed by atoms with E-state index in [0.717, 1.165) is 0 Å². The van der Waals surface area contributed by atoms with Gasteiger partial charge in [-0.2, -0.15) is 0 Å². The molecule has 0 radical (unpaired) electrons. The molecule has 0 aliphatic carbocycles. The number of hydrogen-bond acceptors (Lipinski definition) is 2. The van der Waals surface area contributed by atoms with E-state index < -0.39 is 0 Å². The number of rotatable bonds is 2. The molecule has 43 heavy (non-hydrogen) atoms. The van der Waals surface area contributed by atoms with Crippen molar-refractivity contribution in [2.45, 2.75) is 0 Å². The first-order valence-electron chi connectivity index (χ1n) is 14.6. The molecule has 0 atom stereocenters. The van der Waals surface area contributed by atoms with Crippen molar-refractivity contribution in [1.29, 1.82) is 0 Å². The molecule has 200 valence electrons. The van der Waals surface area contributed by atoms with Crippen molar-refractivity contribution in [3.8, 4) is 16.8 Å². The molecule has 3 aromatic heterocycles. The van der Waals surface area contributed by atoms with Crippen LogP contribution in [0.4, 0.5) is 0 Å². The topological polar surface area (TPSA) is 4.93 Å². The third kappa shape index (κ3) is 3.32. The van der Waals surface area contributed by atoms with Gasteiger partial charge in [-0.3, -0.25) is 0 Å². The van der Waals surface area contributed by atoms with Gasteiger partial charge in [0, 0.05) is 46.4 Å². The van der Waals surface area contributed by atoms with Gasteiger partial charge < -0.3 is 4.57 Å². The molecule has 0 fully saturated rings. The Kier molecular flexibility index (Phi) is 4.81. The minimum Gasteiger partial charge on any atom is -0.308 e. The normalized spacial score (nSPS) is 12.2. The van der Waals surface area contributed by atoms with E-state index in [2.05, 4.69) is 144 Å². The second-order valence-electron chi connectivity index (χ2n) is 11.3. The van der Waals surface area contributed by atoms with Crippen LogP contribution in [0.3, 0.4) is 0 Å². The summed E-state index contributed by atoms with van der Waals surface area (Å²) < 4.78 is 7.85. The van der Waals surface area contributed by atoms with Crippen molar-refractivity contribution < 1.29 is 0 Å². The van der Waals surface area contributed by atoms with Crippen LogP contribution in [-0.4, -0.2) is 4.57 Å². The van der Waals surface area contributed by atoms with Crippen molar-refractivity contribution in [2.75, 3.05) is 0 Å². The highest BCUT2D eigenvalue weighted by molar-refractivity contribution is 7.26. The lowest BCUT2D eigenvalue weighted by Crippen LogP contribution is -1.94. The zero-order chi connectivity index (χ0) is 28.1. The molecule has 0 amide bonds. The van der Waals surface area contributed by atoms with Crippen molar-refractivity contribution in [3.63, 3.8) is 0 Å². The van der Waals surface area contributed by atoms with Gasteiger partial charge in [0.1, 0.15) is 0 Å². The van der Waals surface area contributed by atoms with Crippen LogP contribution in [0.2, 0.25) is 0 Å². The van der Waals surface area contributed by atoms with E-state index in [-0.39, 0.29) is 0 Å². The fourth-order valence-corrected chi connectivity index (χ4v) is 9.46. The first-order valence-corrected chi connectivity index (χ1v) is 16.2. The fraction of sp³-hybridized carbons (Fsp3) is 0. The summed E-state index contributed by atoms with van der Waals surface area (Å²) in [5, 5.41) is 10.4. The highest BCUT2D eigenvalue weighted by atomic mass is 32.1. The van der Waals surface area contributed by atoms with Crippen LogP contribution in [0.25, 0.3) is 89.7 Å². The summed E-state index contributed by atoms with van der Waals surface area (Å²) in [5.41, 5.74) is 6.29. The lowest BCUT2D eigenvalue weighted by atomic mass is 10.00. The number of nitrogens with zero attached hydrogens (tertiary/aromatic N) is 1. The van der Waals surface area contributed by atoms with Gasteiger partial charge in [0.25, 0.3) is 0 Å². The van der Waals surface area contributed by atoms with E-state index in [4.69, 9.17) is 0 Å². The maximum Gasteiger partial charge on any atom is 0.0640 e. The number of aromatic nitrogens is 1. The van der Waals surface area contributed by atoms with Crippen molar-refractivity contribution in [1.82, 2.24) is 4.57 Å². The monoisotopic (exact) mass is 581 g/mol. The van der Waals surface area contributed by atoms with E-state index in [1.807, 2.05) is 22.7 Å². The third-order valence-electron chi connectivity index (χ3n) is 8.97. The Balaban J connectivity index is 1.31. The number of fused-ring (bicyclic) bond motifs is 10. The van der Waals surface area contributed by atoms with Gasteiger partial charge >= 0.3 is 0 Å². The Bertz CT molecular complexity index is 2740. The van der Waals surface area contributed by atoms with Gasteiger partial charge in [-0.25, -0.2) is 0 Å². The molecule has 0 bridgehead atoms. The van der Waals surface area contributed by atoms with Crippen LogP contribution in [0.5, 0.6) is 0 Å². The van der Waals surface area contributed by atoms with Gasteiger partial charge in [0.05, 0.1) is 21.4 Å². The van der Waals surface area contributed by atoms with E-state index >= 15 is 0 Å². The maximum atomic E-state index is 2.50. The predicted octanol–water partition coefficient (Wildman–Crippen LogP) is 12.3. The quantitative estimate of drug-likeness (QED) is 0.191. The smallest absolute Gasteiger partial charge is 0.0640 e. The van der Waals surface area contributed by atoms with Gasteiger partial charge in [-0.1, -0.05) is 97.1 Å². The minimum absolute atomic E-state index is 1.24. The maximum absolute atomic E-state index is 2.50. The zero-order valence-corrected chi connectivity index (χ0v) is 24.7. The van der Waals surface area contributed by atoms with Gasteiger partial charge in [0.2, 0.25) is 0 Å². The molecule has 0 saturated heterocycles. The molecule has 3 heterocycles. The molecule has 0 spiro atoms. The Hall–Kier alpha value is -4.96. The number of thiophene rings is 2. The molecule has 0 unspecified atom stereocenters. The molecule has 10 aromatic rings. The van der Waals surface area contributed by atoms with Crippen LogP contribution in [0, 0.1) is 0 Å². The Labute approximate surface area is 255 Å². The molecule has 10 rings (SSSR count). The van der Waals surface area contributed by atoms with E-state index in [1.54, 1.807) is 0 Å². The Morgan fingerprint density at radius 2 is 1.00 bits per heavy atom. The molecule has 0 aliphatic rings. The lowest BCUT2D eigenvalue weighted by molar-refractivity contribution is 1.20. The molecule has 3 heteroatoms. The predicted molar refractivity (Wildman–Crippen MR) is 190 cm³/mol. The average Bonchev–Trinajstić information content (AvgIpc) is 3.73. The summed E-state index contributed by atoms with van der Waals surface area (Å²) in [4.78, 5) is 0. The van der Waals surface area contributed by atoms with E-state index in [0.29, 0.717) is 0 Å². The highest BCUT2D eigenvalue weighted by Gasteiger charge is 2.19. The Morgan fingerprint density at radius 1 is 0.395 bits per heavy atom. The summed E-state index contributed by atoms with van der Waals surface area (Å²) in [6.45, 7) is 0. The second kappa shape index (κ2) is 8.78. The van der Waals surface area contributed by atoms with Crippen LogP contribution in [0.15, 0.2) is 140 Å². The molecule has 7 aromatic carbocycles. The SMILES string of the molecule is c1ccc2cc3c(cc2c1)c1cc(-c2cccc4c2sc2ccccc24)ccc1n3-c1cccc2c1sc1ccccc12. The first-order chi connectivity index (χ1) is 21.3. The van der Waals surface area contributed by atoms with Gasteiger partial charge in [0.15, 0.2) is 0 Å². The molecule has 0 N–H and O–H groups in total. The van der Waals surface area contributed by atoms with Crippen LogP contribution >= 0.6 is 22.7 Å². The van der Waals surface area contributed by atoms with Crippen molar-refractivity contribution in [2.24, 2.45) is 0 Å². The lowest BCUT2D eigenvalue weighted by Gasteiger charge is -2.10. The molecule has 1 nitrogen and oxygen atoms in total. The van der Waals surface area contributed by atoms with Gasteiger partial charge in [-0.05, 0) is 64.4 Å². The largest absolute Gasteiger partial charge is 0.308 e.